The number of halogens is 1. The number of benzene rings is 1. The van der Waals surface area contributed by atoms with Crippen molar-refractivity contribution >= 4 is 49.2 Å². The van der Waals surface area contributed by atoms with E-state index in [9.17, 15) is 4.79 Å². The Morgan fingerprint density at radius 3 is 2.96 bits per heavy atom. The van der Waals surface area contributed by atoms with Gasteiger partial charge in [-0.05, 0) is 22.0 Å². The van der Waals surface area contributed by atoms with Gasteiger partial charge in [-0.1, -0.05) is 18.2 Å². The summed E-state index contributed by atoms with van der Waals surface area (Å²) in [5.41, 5.74) is 2.40. The number of H-pyrrole nitrogens is 1. The Kier molecular flexibility index (Phi) is 4.85. The number of fused-ring (bicyclic) bond motifs is 1. The topological polar surface area (TPSA) is 70.2 Å². The molecule has 25 heavy (non-hydrogen) atoms. The van der Waals surface area contributed by atoms with Crippen LogP contribution in [0.4, 0.5) is 5.13 Å². The van der Waals surface area contributed by atoms with Gasteiger partial charge in [0.2, 0.25) is 0 Å². The van der Waals surface area contributed by atoms with E-state index in [0.29, 0.717) is 10.8 Å². The standard InChI is InChI=1S/C17H17BrN4O2S/c18-14-12-3-1-2-4-13(12)20-15(14)16(23)21-17-19-11(10-25-17)9-22-5-7-24-8-6-22/h1-4,10,20H,5-9H2,(H,19,21,23). The predicted octanol–water partition coefficient (Wildman–Crippen LogP) is 3.47. The molecule has 1 fully saturated rings. The van der Waals surface area contributed by atoms with Crippen LogP contribution in [0.1, 0.15) is 16.2 Å². The van der Waals surface area contributed by atoms with E-state index >= 15 is 0 Å². The van der Waals surface area contributed by atoms with Crippen LogP contribution in [-0.4, -0.2) is 47.1 Å². The molecule has 3 aromatic rings. The second-order valence-corrected chi connectivity index (χ2v) is 7.50. The first-order chi connectivity index (χ1) is 12.2. The van der Waals surface area contributed by atoms with Gasteiger partial charge < -0.3 is 9.72 Å². The molecule has 1 aromatic carbocycles. The summed E-state index contributed by atoms with van der Waals surface area (Å²) in [5, 5.41) is 6.47. The molecular weight excluding hydrogens is 404 g/mol. The van der Waals surface area contributed by atoms with Gasteiger partial charge in [0.05, 0.1) is 23.4 Å². The third-order valence-electron chi connectivity index (χ3n) is 4.13. The summed E-state index contributed by atoms with van der Waals surface area (Å²) in [6.45, 7) is 4.15. The summed E-state index contributed by atoms with van der Waals surface area (Å²) in [5.74, 6) is -0.199. The molecule has 0 unspecified atom stereocenters. The lowest BCUT2D eigenvalue weighted by Gasteiger charge is -2.25. The molecule has 0 radical (unpaired) electrons. The summed E-state index contributed by atoms with van der Waals surface area (Å²) < 4.78 is 6.13. The zero-order valence-electron chi connectivity index (χ0n) is 13.4. The van der Waals surface area contributed by atoms with Crippen molar-refractivity contribution in [2.45, 2.75) is 6.54 Å². The number of aromatic amines is 1. The molecule has 1 aliphatic heterocycles. The Morgan fingerprint density at radius 1 is 1.36 bits per heavy atom. The first-order valence-electron chi connectivity index (χ1n) is 8.03. The van der Waals surface area contributed by atoms with Crippen LogP contribution >= 0.6 is 27.3 Å². The van der Waals surface area contributed by atoms with Crippen LogP contribution in [0.5, 0.6) is 0 Å². The van der Waals surface area contributed by atoms with Crippen molar-refractivity contribution in [2.24, 2.45) is 0 Å². The number of rotatable bonds is 4. The number of hydrogen-bond donors (Lipinski definition) is 2. The molecule has 3 heterocycles. The number of carbonyl (C=O) groups is 1. The summed E-state index contributed by atoms with van der Waals surface area (Å²) in [6, 6.07) is 7.80. The number of aromatic nitrogens is 2. The Labute approximate surface area is 157 Å². The lowest BCUT2D eigenvalue weighted by atomic mass is 10.2. The minimum Gasteiger partial charge on any atom is -0.379 e. The number of carbonyl (C=O) groups excluding carboxylic acids is 1. The molecule has 130 valence electrons. The highest BCUT2D eigenvalue weighted by molar-refractivity contribution is 9.10. The van der Waals surface area contributed by atoms with Gasteiger partial charge in [-0.3, -0.25) is 15.0 Å². The number of para-hydroxylation sites is 1. The van der Waals surface area contributed by atoms with Gasteiger partial charge in [0.25, 0.3) is 5.91 Å². The van der Waals surface area contributed by atoms with Crippen molar-refractivity contribution in [1.82, 2.24) is 14.9 Å². The SMILES string of the molecule is O=C(Nc1nc(CN2CCOCC2)cs1)c1[nH]c2ccccc2c1Br. The number of ether oxygens (including phenoxy) is 1. The number of hydrogen-bond acceptors (Lipinski definition) is 5. The highest BCUT2D eigenvalue weighted by Crippen LogP contribution is 2.28. The molecule has 4 rings (SSSR count). The average Bonchev–Trinajstić information content (AvgIpc) is 3.20. The Bertz CT molecular complexity index is 901. The molecule has 1 amide bonds. The number of morpholine rings is 1. The van der Waals surface area contributed by atoms with Crippen LogP contribution in [-0.2, 0) is 11.3 Å². The van der Waals surface area contributed by atoms with Crippen LogP contribution in [0.3, 0.4) is 0 Å². The number of thiazole rings is 1. The fraction of sp³-hybridized carbons (Fsp3) is 0.294. The quantitative estimate of drug-likeness (QED) is 0.677. The lowest BCUT2D eigenvalue weighted by Crippen LogP contribution is -2.35. The van der Waals surface area contributed by atoms with Gasteiger partial charge >= 0.3 is 0 Å². The van der Waals surface area contributed by atoms with E-state index in [1.807, 2.05) is 29.6 Å². The number of anilines is 1. The smallest absolute Gasteiger partial charge is 0.275 e. The third kappa shape index (κ3) is 3.62. The minimum atomic E-state index is -0.199. The van der Waals surface area contributed by atoms with Crippen LogP contribution in [0, 0.1) is 0 Å². The molecule has 0 atom stereocenters. The Balaban J connectivity index is 1.46. The van der Waals surface area contributed by atoms with E-state index in [0.717, 1.165) is 53.9 Å². The van der Waals surface area contributed by atoms with Crippen LogP contribution in [0.15, 0.2) is 34.1 Å². The summed E-state index contributed by atoms with van der Waals surface area (Å²) in [6.07, 6.45) is 0. The van der Waals surface area contributed by atoms with Crippen molar-refractivity contribution in [3.8, 4) is 0 Å². The molecule has 0 saturated carbocycles. The Morgan fingerprint density at radius 2 is 2.16 bits per heavy atom. The van der Waals surface area contributed by atoms with Gasteiger partial charge in [-0.2, -0.15) is 0 Å². The molecule has 6 nitrogen and oxygen atoms in total. The maximum absolute atomic E-state index is 12.6. The maximum atomic E-state index is 12.6. The number of nitrogens with zero attached hydrogens (tertiary/aromatic N) is 2. The molecule has 1 saturated heterocycles. The molecule has 1 aliphatic rings. The Hall–Kier alpha value is -1.74. The number of amides is 1. The van der Waals surface area contributed by atoms with E-state index in [1.165, 1.54) is 11.3 Å². The molecule has 8 heteroatoms. The maximum Gasteiger partial charge on any atom is 0.275 e. The van der Waals surface area contributed by atoms with Crippen LogP contribution in [0.2, 0.25) is 0 Å². The van der Waals surface area contributed by atoms with Gasteiger partial charge in [-0.15, -0.1) is 11.3 Å². The van der Waals surface area contributed by atoms with E-state index in [-0.39, 0.29) is 5.91 Å². The van der Waals surface area contributed by atoms with Crippen molar-refractivity contribution < 1.29 is 9.53 Å². The molecular formula is C17H17BrN4O2S. The van der Waals surface area contributed by atoms with E-state index in [2.05, 4.69) is 36.1 Å². The summed E-state index contributed by atoms with van der Waals surface area (Å²) >= 11 is 4.95. The monoisotopic (exact) mass is 420 g/mol. The van der Waals surface area contributed by atoms with Crippen molar-refractivity contribution in [2.75, 3.05) is 31.6 Å². The zero-order chi connectivity index (χ0) is 17.2. The predicted molar refractivity (Wildman–Crippen MR) is 102 cm³/mol. The zero-order valence-corrected chi connectivity index (χ0v) is 15.8. The van der Waals surface area contributed by atoms with Gasteiger partial charge in [0.15, 0.2) is 5.13 Å². The molecule has 0 aliphatic carbocycles. The number of nitrogens with one attached hydrogen (secondary N) is 2. The van der Waals surface area contributed by atoms with Gasteiger partial charge in [-0.25, -0.2) is 4.98 Å². The fourth-order valence-electron chi connectivity index (χ4n) is 2.85. The van der Waals surface area contributed by atoms with Crippen LogP contribution < -0.4 is 5.32 Å². The average molecular weight is 421 g/mol. The molecule has 0 bridgehead atoms. The van der Waals surface area contributed by atoms with E-state index in [1.54, 1.807) is 0 Å². The summed E-state index contributed by atoms with van der Waals surface area (Å²) in [7, 11) is 0. The van der Waals surface area contributed by atoms with Crippen LogP contribution in [0.25, 0.3) is 10.9 Å². The van der Waals surface area contributed by atoms with E-state index in [4.69, 9.17) is 4.74 Å². The second kappa shape index (κ2) is 7.25. The minimum absolute atomic E-state index is 0.199. The fourth-order valence-corrected chi connectivity index (χ4v) is 4.17. The molecule has 0 spiro atoms. The first kappa shape index (κ1) is 16.7. The van der Waals surface area contributed by atoms with Crippen molar-refractivity contribution in [1.29, 1.82) is 0 Å². The largest absolute Gasteiger partial charge is 0.379 e. The highest BCUT2D eigenvalue weighted by Gasteiger charge is 2.18. The first-order valence-corrected chi connectivity index (χ1v) is 9.70. The third-order valence-corrected chi connectivity index (χ3v) is 5.76. The van der Waals surface area contributed by atoms with Crippen molar-refractivity contribution in [3.63, 3.8) is 0 Å². The molecule has 2 N–H and O–H groups in total. The van der Waals surface area contributed by atoms with Gasteiger partial charge in [0.1, 0.15) is 5.69 Å². The van der Waals surface area contributed by atoms with Crippen molar-refractivity contribution in [3.05, 3.63) is 45.5 Å². The molecule has 2 aromatic heterocycles. The highest BCUT2D eigenvalue weighted by atomic mass is 79.9. The second-order valence-electron chi connectivity index (χ2n) is 5.85. The summed E-state index contributed by atoms with van der Waals surface area (Å²) in [4.78, 5) is 22.6. The van der Waals surface area contributed by atoms with Gasteiger partial charge in [0, 0.05) is 35.9 Å². The normalized spacial score (nSPS) is 15.6. The lowest BCUT2D eigenvalue weighted by molar-refractivity contribution is 0.0337. The van der Waals surface area contributed by atoms with E-state index < -0.39 is 0 Å².